The Morgan fingerprint density at radius 1 is 0.955 bits per heavy atom. The van der Waals surface area contributed by atoms with Crippen LogP contribution in [-0.2, 0) is 6.61 Å². The van der Waals surface area contributed by atoms with Crippen LogP contribution in [0, 0.1) is 13.8 Å². The van der Waals surface area contributed by atoms with E-state index in [0.29, 0.717) is 6.61 Å². The molecule has 0 N–H and O–H groups in total. The molecule has 2 aromatic carbocycles. The van der Waals surface area contributed by atoms with Crippen LogP contribution in [0.2, 0.25) is 0 Å². The summed E-state index contributed by atoms with van der Waals surface area (Å²) < 4.78 is 11.6. The first kappa shape index (κ1) is 14.6. The Bertz CT molecular complexity index is 750. The minimum Gasteiger partial charge on any atom is -0.486 e. The zero-order valence-corrected chi connectivity index (χ0v) is 13.4. The topological polar surface area (TPSA) is 31.4 Å². The monoisotopic (exact) mass is 311 g/mol. The fourth-order valence-electron chi connectivity index (χ4n) is 1.98. The van der Waals surface area contributed by atoms with Crippen molar-refractivity contribution in [1.29, 1.82) is 0 Å². The Balaban J connectivity index is 1.65. The third-order valence-electron chi connectivity index (χ3n) is 3.09. The van der Waals surface area contributed by atoms with E-state index in [1.807, 2.05) is 61.7 Å². The number of nitrogens with zero attached hydrogens (tertiary/aromatic N) is 1. The highest BCUT2D eigenvalue weighted by Crippen LogP contribution is 2.26. The minimum atomic E-state index is 0.479. The van der Waals surface area contributed by atoms with Crippen LogP contribution >= 0.6 is 11.3 Å². The molecule has 0 aliphatic rings. The zero-order valence-electron chi connectivity index (χ0n) is 12.6. The van der Waals surface area contributed by atoms with E-state index in [1.54, 1.807) is 11.3 Å². The number of benzene rings is 2. The fourth-order valence-corrected chi connectivity index (χ4v) is 2.68. The molecular formula is C18H17NO2S. The van der Waals surface area contributed by atoms with Crippen LogP contribution < -0.4 is 9.47 Å². The molecule has 0 amide bonds. The normalized spacial score (nSPS) is 10.5. The van der Waals surface area contributed by atoms with Crippen LogP contribution in [0.3, 0.4) is 0 Å². The lowest BCUT2D eigenvalue weighted by molar-refractivity contribution is 0.304. The lowest BCUT2D eigenvalue weighted by Gasteiger charge is -2.08. The van der Waals surface area contributed by atoms with Gasteiger partial charge < -0.3 is 9.47 Å². The number of thiazole rings is 1. The van der Waals surface area contributed by atoms with Gasteiger partial charge in [-0.05, 0) is 38.1 Å². The third kappa shape index (κ3) is 3.86. The second kappa shape index (κ2) is 6.62. The molecule has 22 heavy (non-hydrogen) atoms. The Hall–Kier alpha value is -2.33. The lowest BCUT2D eigenvalue weighted by atomic mass is 10.2. The summed E-state index contributed by atoms with van der Waals surface area (Å²) in [5.41, 5.74) is 1.21. The molecule has 0 aliphatic carbocycles. The maximum Gasteiger partial charge on any atom is 0.140 e. The lowest BCUT2D eigenvalue weighted by Crippen LogP contribution is -1.94. The molecule has 1 heterocycles. The highest BCUT2D eigenvalue weighted by Gasteiger charge is 2.03. The van der Waals surface area contributed by atoms with Crippen LogP contribution in [0.15, 0.2) is 54.7 Å². The molecule has 3 rings (SSSR count). The molecule has 3 nitrogen and oxygen atoms in total. The van der Waals surface area contributed by atoms with Crippen molar-refractivity contribution in [2.75, 3.05) is 0 Å². The summed E-state index contributed by atoms with van der Waals surface area (Å²) in [5, 5.41) is 0.974. The largest absolute Gasteiger partial charge is 0.486 e. The molecule has 0 bridgehead atoms. The second-order valence-electron chi connectivity index (χ2n) is 5.04. The molecule has 1 aromatic heterocycles. The van der Waals surface area contributed by atoms with E-state index in [4.69, 9.17) is 9.47 Å². The van der Waals surface area contributed by atoms with Gasteiger partial charge in [0.15, 0.2) is 0 Å². The molecule has 112 valence electrons. The summed E-state index contributed by atoms with van der Waals surface area (Å²) in [4.78, 5) is 5.48. The third-order valence-corrected chi connectivity index (χ3v) is 3.98. The quantitative estimate of drug-likeness (QED) is 0.654. The Labute approximate surface area is 134 Å². The van der Waals surface area contributed by atoms with Crippen LogP contribution in [0.4, 0.5) is 0 Å². The van der Waals surface area contributed by atoms with E-state index < -0.39 is 0 Å². The van der Waals surface area contributed by atoms with Crippen molar-refractivity contribution in [3.63, 3.8) is 0 Å². The molecule has 0 atom stereocenters. The van der Waals surface area contributed by atoms with Crippen LogP contribution in [0.5, 0.6) is 17.2 Å². The van der Waals surface area contributed by atoms with Gasteiger partial charge in [-0.15, -0.1) is 11.3 Å². The number of hydrogen-bond donors (Lipinski definition) is 0. The number of rotatable bonds is 5. The van der Waals surface area contributed by atoms with E-state index in [-0.39, 0.29) is 0 Å². The summed E-state index contributed by atoms with van der Waals surface area (Å²) in [6.45, 7) is 4.57. The van der Waals surface area contributed by atoms with Crippen LogP contribution in [-0.4, -0.2) is 4.98 Å². The van der Waals surface area contributed by atoms with Crippen molar-refractivity contribution in [3.05, 3.63) is 70.2 Å². The average Bonchev–Trinajstić information content (AvgIpc) is 2.94. The summed E-state index contributed by atoms with van der Waals surface area (Å²) in [7, 11) is 0. The number of aryl methyl sites for hydroxylation is 2. The highest BCUT2D eigenvalue weighted by molar-refractivity contribution is 7.11. The highest BCUT2D eigenvalue weighted by atomic mass is 32.1. The molecule has 0 saturated carbocycles. The molecule has 3 aromatic rings. The van der Waals surface area contributed by atoms with Gasteiger partial charge in [-0.2, -0.15) is 0 Å². The average molecular weight is 311 g/mol. The van der Waals surface area contributed by atoms with Crippen LogP contribution in [0.1, 0.15) is 15.4 Å². The summed E-state index contributed by atoms with van der Waals surface area (Å²) in [5.74, 6) is 2.35. The molecule has 0 aliphatic heterocycles. The molecule has 0 fully saturated rings. The maximum absolute atomic E-state index is 5.84. The van der Waals surface area contributed by atoms with E-state index in [2.05, 4.69) is 11.9 Å². The number of aromatic nitrogens is 1. The van der Waals surface area contributed by atoms with Gasteiger partial charge in [0.1, 0.15) is 28.9 Å². The molecule has 0 saturated heterocycles. The first-order valence-electron chi connectivity index (χ1n) is 7.08. The second-order valence-corrected chi connectivity index (χ2v) is 6.36. The van der Waals surface area contributed by atoms with Gasteiger partial charge in [0.05, 0.1) is 0 Å². The molecular weight excluding hydrogens is 294 g/mol. The van der Waals surface area contributed by atoms with E-state index in [9.17, 15) is 0 Å². The zero-order chi connectivity index (χ0) is 15.4. The Kier molecular flexibility index (Phi) is 4.39. The molecule has 0 spiro atoms. The predicted molar refractivity (Wildman–Crippen MR) is 88.9 cm³/mol. The van der Waals surface area contributed by atoms with Gasteiger partial charge in [-0.25, -0.2) is 4.98 Å². The van der Waals surface area contributed by atoms with Gasteiger partial charge in [-0.1, -0.05) is 23.8 Å². The van der Waals surface area contributed by atoms with E-state index in [1.165, 1.54) is 10.4 Å². The summed E-state index contributed by atoms with van der Waals surface area (Å²) >= 11 is 1.65. The smallest absolute Gasteiger partial charge is 0.140 e. The Morgan fingerprint density at radius 2 is 1.73 bits per heavy atom. The van der Waals surface area contributed by atoms with Gasteiger partial charge in [0.2, 0.25) is 0 Å². The van der Waals surface area contributed by atoms with Gasteiger partial charge >= 0.3 is 0 Å². The van der Waals surface area contributed by atoms with Gasteiger partial charge in [0.25, 0.3) is 0 Å². The van der Waals surface area contributed by atoms with Crippen molar-refractivity contribution in [2.24, 2.45) is 0 Å². The number of hydrogen-bond acceptors (Lipinski definition) is 4. The maximum atomic E-state index is 5.84. The van der Waals surface area contributed by atoms with E-state index in [0.717, 1.165) is 22.3 Å². The van der Waals surface area contributed by atoms with Crippen molar-refractivity contribution < 1.29 is 9.47 Å². The first-order valence-corrected chi connectivity index (χ1v) is 7.89. The van der Waals surface area contributed by atoms with E-state index >= 15 is 0 Å². The standard InChI is InChI=1S/C18H17NO2S/c1-13-6-8-15(9-7-13)21-17-5-3-4-16(10-17)20-12-18-19-11-14(2)22-18/h3-11H,12H2,1-2H3. The van der Waals surface area contributed by atoms with Crippen LogP contribution in [0.25, 0.3) is 0 Å². The van der Waals surface area contributed by atoms with Crippen molar-refractivity contribution in [2.45, 2.75) is 20.5 Å². The predicted octanol–water partition coefficient (Wildman–Crippen LogP) is 5.13. The fraction of sp³-hybridized carbons (Fsp3) is 0.167. The molecule has 0 unspecified atom stereocenters. The molecule has 4 heteroatoms. The van der Waals surface area contributed by atoms with Crippen molar-refractivity contribution in [1.82, 2.24) is 4.98 Å². The molecule has 0 radical (unpaired) electrons. The van der Waals surface area contributed by atoms with Gasteiger partial charge in [-0.3, -0.25) is 0 Å². The summed E-state index contributed by atoms with van der Waals surface area (Å²) in [6, 6.07) is 15.6. The first-order chi connectivity index (χ1) is 10.7. The van der Waals surface area contributed by atoms with Gasteiger partial charge in [0, 0.05) is 17.1 Å². The Morgan fingerprint density at radius 3 is 2.45 bits per heavy atom. The SMILES string of the molecule is Cc1ccc(Oc2cccc(OCc3ncc(C)s3)c2)cc1. The summed E-state index contributed by atoms with van der Waals surface area (Å²) in [6.07, 6.45) is 1.86. The number of ether oxygens (including phenoxy) is 2. The minimum absolute atomic E-state index is 0.479. The van der Waals surface area contributed by atoms with Crippen molar-refractivity contribution in [3.8, 4) is 17.2 Å². The van der Waals surface area contributed by atoms with Crippen molar-refractivity contribution >= 4 is 11.3 Å².